The highest BCUT2D eigenvalue weighted by atomic mass is 16.3. The zero-order valence-electron chi connectivity index (χ0n) is 11.1. The lowest BCUT2D eigenvalue weighted by Gasteiger charge is -2.09. The lowest BCUT2D eigenvalue weighted by Crippen LogP contribution is -2.27. The number of carbonyl (C=O) groups excluding carboxylic acids is 1. The molecule has 1 aromatic carbocycles. The van der Waals surface area contributed by atoms with E-state index in [1.54, 1.807) is 18.2 Å². The van der Waals surface area contributed by atoms with Crippen LogP contribution < -0.4 is 10.6 Å². The van der Waals surface area contributed by atoms with Crippen molar-refractivity contribution in [1.82, 2.24) is 10.6 Å². The molecular weight excluding hydrogens is 228 g/mol. The van der Waals surface area contributed by atoms with Crippen LogP contribution in [0, 0.1) is 0 Å². The van der Waals surface area contributed by atoms with Crippen LogP contribution in [0.3, 0.4) is 0 Å². The molecule has 0 fully saturated rings. The number of aromatic hydroxyl groups is 1. The summed E-state index contributed by atoms with van der Waals surface area (Å²) in [6.07, 6.45) is 1.33. The molecule has 0 aliphatic rings. The van der Waals surface area contributed by atoms with Gasteiger partial charge < -0.3 is 15.7 Å². The maximum atomic E-state index is 11.6. The molecular formula is C14H22N2O2. The maximum absolute atomic E-state index is 11.6. The quantitative estimate of drug-likeness (QED) is 0.646. The molecule has 0 radical (unpaired) electrons. The van der Waals surface area contributed by atoms with Crippen LogP contribution in [0.15, 0.2) is 24.3 Å². The Morgan fingerprint density at radius 3 is 2.72 bits per heavy atom. The third-order valence-corrected chi connectivity index (χ3v) is 2.60. The minimum atomic E-state index is 0.0174. The minimum absolute atomic E-state index is 0.0174. The van der Waals surface area contributed by atoms with E-state index in [9.17, 15) is 9.90 Å². The van der Waals surface area contributed by atoms with E-state index in [1.165, 1.54) is 0 Å². The second-order valence-corrected chi connectivity index (χ2v) is 4.62. The summed E-state index contributed by atoms with van der Waals surface area (Å²) in [7, 11) is 0. The zero-order chi connectivity index (χ0) is 13.4. The minimum Gasteiger partial charge on any atom is -0.508 e. The molecule has 0 aliphatic heterocycles. The van der Waals surface area contributed by atoms with E-state index in [4.69, 9.17) is 0 Å². The number of amides is 1. The van der Waals surface area contributed by atoms with Crippen LogP contribution in [0.4, 0.5) is 0 Å². The van der Waals surface area contributed by atoms with Crippen LogP contribution in [0.1, 0.15) is 32.3 Å². The van der Waals surface area contributed by atoms with Gasteiger partial charge in [-0.1, -0.05) is 32.0 Å². The highest BCUT2D eigenvalue weighted by Gasteiger charge is 2.03. The molecule has 0 atom stereocenters. The second-order valence-electron chi connectivity index (χ2n) is 4.62. The van der Waals surface area contributed by atoms with Crippen LogP contribution >= 0.6 is 0 Å². The SMILES string of the molecule is CC(C)NCCCC(=O)NCc1ccccc1O. The highest BCUT2D eigenvalue weighted by Crippen LogP contribution is 2.14. The van der Waals surface area contributed by atoms with E-state index in [0.717, 1.165) is 18.5 Å². The zero-order valence-corrected chi connectivity index (χ0v) is 11.1. The Morgan fingerprint density at radius 2 is 2.06 bits per heavy atom. The summed E-state index contributed by atoms with van der Waals surface area (Å²) in [5, 5.41) is 15.6. The van der Waals surface area contributed by atoms with Gasteiger partial charge in [-0.2, -0.15) is 0 Å². The third kappa shape index (κ3) is 5.68. The number of hydrogen-bond donors (Lipinski definition) is 3. The van der Waals surface area contributed by atoms with Crippen molar-refractivity contribution in [3.05, 3.63) is 29.8 Å². The molecule has 100 valence electrons. The van der Waals surface area contributed by atoms with Crippen molar-refractivity contribution in [1.29, 1.82) is 0 Å². The Bertz CT molecular complexity index is 378. The number of phenolic OH excluding ortho intramolecular Hbond substituents is 1. The molecule has 0 bridgehead atoms. The van der Waals surface area contributed by atoms with E-state index < -0.39 is 0 Å². The summed E-state index contributed by atoms with van der Waals surface area (Å²) in [4.78, 5) is 11.6. The summed E-state index contributed by atoms with van der Waals surface area (Å²) >= 11 is 0. The van der Waals surface area contributed by atoms with Crippen molar-refractivity contribution in [3.63, 3.8) is 0 Å². The van der Waals surface area contributed by atoms with Gasteiger partial charge in [-0.3, -0.25) is 4.79 Å². The van der Waals surface area contributed by atoms with E-state index in [-0.39, 0.29) is 11.7 Å². The Balaban J connectivity index is 2.19. The Kier molecular flexibility index (Phi) is 6.22. The summed E-state index contributed by atoms with van der Waals surface area (Å²) in [5.74, 6) is 0.239. The number of para-hydroxylation sites is 1. The van der Waals surface area contributed by atoms with Crippen molar-refractivity contribution >= 4 is 5.91 Å². The summed E-state index contributed by atoms with van der Waals surface area (Å²) in [6.45, 7) is 5.39. The highest BCUT2D eigenvalue weighted by molar-refractivity contribution is 5.75. The van der Waals surface area contributed by atoms with Crippen LogP contribution in [-0.4, -0.2) is 23.6 Å². The monoisotopic (exact) mass is 250 g/mol. The first-order chi connectivity index (χ1) is 8.59. The molecule has 0 unspecified atom stereocenters. The first kappa shape index (κ1) is 14.5. The largest absolute Gasteiger partial charge is 0.508 e. The number of benzene rings is 1. The average molecular weight is 250 g/mol. The van der Waals surface area contributed by atoms with Gasteiger partial charge in [0.2, 0.25) is 5.91 Å². The fraction of sp³-hybridized carbons (Fsp3) is 0.500. The van der Waals surface area contributed by atoms with Crippen molar-refractivity contribution in [2.75, 3.05) is 6.54 Å². The average Bonchev–Trinajstić information content (AvgIpc) is 2.33. The fourth-order valence-corrected chi connectivity index (χ4v) is 1.58. The lowest BCUT2D eigenvalue weighted by atomic mass is 10.2. The van der Waals surface area contributed by atoms with Crippen molar-refractivity contribution < 1.29 is 9.90 Å². The Hall–Kier alpha value is -1.55. The van der Waals surface area contributed by atoms with E-state index in [1.807, 2.05) is 6.07 Å². The van der Waals surface area contributed by atoms with Gasteiger partial charge in [0.1, 0.15) is 5.75 Å². The van der Waals surface area contributed by atoms with Gasteiger partial charge in [0.05, 0.1) is 0 Å². The topological polar surface area (TPSA) is 61.4 Å². The molecule has 0 aliphatic carbocycles. The predicted molar refractivity (Wildman–Crippen MR) is 72.3 cm³/mol. The van der Waals surface area contributed by atoms with Gasteiger partial charge in [0, 0.05) is 24.6 Å². The maximum Gasteiger partial charge on any atom is 0.220 e. The van der Waals surface area contributed by atoms with Gasteiger partial charge in [-0.15, -0.1) is 0 Å². The van der Waals surface area contributed by atoms with Gasteiger partial charge in [0.15, 0.2) is 0 Å². The third-order valence-electron chi connectivity index (χ3n) is 2.60. The van der Waals surface area contributed by atoms with Crippen molar-refractivity contribution in [2.45, 2.75) is 39.3 Å². The summed E-state index contributed by atoms with van der Waals surface area (Å²) in [5.41, 5.74) is 0.742. The smallest absolute Gasteiger partial charge is 0.220 e. The van der Waals surface area contributed by atoms with Gasteiger partial charge in [0.25, 0.3) is 0 Å². The van der Waals surface area contributed by atoms with Crippen LogP contribution in [0.2, 0.25) is 0 Å². The van der Waals surface area contributed by atoms with Crippen LogP contribution in [0.25, 0.3) is 0 Å². The van der Waals surface area contributed by atoms with Crippen molar-refractivity contribution in [2.24, 2.45) is 0 Å². The second kappa shape index (κ2) is 7.71. The molecule has 0 saturated heterocycles. The van der Waals surface area contributed by atoms with Gasteiger partial charge in [-0.05, 0) is 19.0 Å². The molecule has 18 heavy (non-hydrogen) atoms. The van der Waals surface area contributed by atoms with E-state index in [2.05, 4.69) is 24.5 Å². The Labute approximate surface area is 108 Å². The van der Waals surface area contributed by atoms with Gasteiger partial charge >= 0.3 is 0 Å². The fourth-order valence-electron chi connectivity index (χ4n) is 1.58. The first-order valence-corrected chi connectivity index (χ1v) is 6.36. The molecule has 0 heterocycles. The molecule has 0 spiro atoms. The number of rotatable bonds is 7. The predicted octanol–water partition coefficient (Wildman–Crippen LogP) is 1.79. The number of nitrogens with one attached hydrogen (secondary N) is 2. The van der Waals surface area contributed by atoms with Crippen LogP contribution in [-0.2, 0) is 11.3 Å². The normalized spacial score (nSPS) is 10.6. The van der Waals surface area contributed by atoms with Crippen LogP contribution in [0.5, 0.6) is 5.75 Å². The number of carbonyl (C=O) groups is 1. The summed E-state index contributed by atoms with van der Waals surface area (Å²) in [6, 6.07) is 7.48. The molecule has 3 N–H and O–H groups in total. The number of phenols is 1. The standard InChI is InChI=1S/C14H22N2O2/c1-11(2)15-9-5-8-14(18)16-10-12-6-3-4-7-13(12)17/h3-4,6-7,11,15,17H,5,8-10H2,1-2H3,(H,16,18). The molecule has 1 amide bonds. The molecule has 4 nitrogen and oxygen atoms in total. The molecule has 1 aromatic rings. The van der Waals surface area contributed by atoms with E-state index in [0.29, 0.717) is 19.0 Å². The first-order valence-electron chi connectivity index (χ1n) is 6.36. The molecule has 4 heteroatoms. The Morgan fingerprint density at radius 1 is 1.33 bits per heavy atom. The lowest BCUT2D eigenvalue weighted by molar-refractivity contribution is -0.121. The van der Waals surface area contributed by atoms with Gasteiger partial charge in [-0.25, -0.2) is 0 Å². The molecule has 0 saturated carbocycles. The van der Waals surface area contributed by atoms with E-state index >= 15 is 0 Å². The molecule has 1 rings (SSSR count). The number of hydrogen-bond acceptors (Lipinski definition) is 3. The summed E-state index contributed by atoms with van der Waals surface area (Å²) < 4.78 is 0. The molecule has 0 aromatic heterocycles. The van der Waals surface area contributed by atoms with Crippen molar-refractivity contribution in [3.8, 4) is 5.75 Å².